The molecule has 20 heteroatoms. The van der Waals surface area contributed by atoms with Gasteiger partial charge in [-0.05, 0) is 85.2 Å². The Kier molecular flexibility index (Phi) is 18.6. The molecule has 3 aromatic carbocycles. The average Bonchev–Trinajstić information content (AvgIpc) is 3.18. The fraction of sp³-hybridized carbons (Fsp3) is 0.359. The fourth-order valence-electron chi connectivity index (χ4n) is 5.75. The highest BCUT2D eigenvalue weighted by Gasteiger charge is 2.32. The van der Waals surface area contributed by atoms with Crippen molar-refractivity contribution in [3.05, 3.63) is 107 Å². The zero-order valence-corrected chi connectivity index (χ0v) is 32.2. The second kappa shape index (κ2) is 23.5. The van der Waals surface area contributed by atoms with E-state index >= 15 is 0 Å². The fourth-order valence-corrected chi connectivity index (χ4v) is 5.75. The summed E-state index contributed by atoms with van der Waals surface area (Å²) in [5.41, 5.74) is 35.0. The molecule has 0 spiro atoms. The topological polar surface area (TPSA) is 314 Å². The summed E-state index contributed by atoms with van der Waals surface area (Å²) in [6.07, 6.45) is 0.0272. The lowest BCUT2D eigenvalue weighted by Crippen LogP contribution is -2.59. The number of hydrogen-bond donors (Lipinski definition) is 10. The van der Waals surface area contributed by atoms with Crippen molar-refractivity contribution in [1.29, 1.82) is 0 Å². The van der Waals surface area contributed by atoms with E-state index in [0.717, 1.165) is 12.1 Å². The van der Waals surface area contributed by atoms with E-state index in [1.54, 1.807) is 0 Å². The van der Waals surface area contributed by atoms with Crippen LogP contribution in [-0.2, 0) is 43.2 Å². The molecule has 59 heavy (non-hydrogen) atoms. The molecule has 0 saturated heterocycles. The maximum atomic E-state index is 14.1. The van der Waals surface area contributed by atoms with E-state index in [2.05, 4.69) is 31.3 Å². The minimum Gasteiger partial charge on any atom is -0.370 e. The number of amides is 5. The molecular formula is C39H51F3N12O5. The van der Waals surface area contributed by atoms with Crippen molar-refractivity contribution < 1.29 is 37.1 Å². The minimum absolute atomic E-state index is 0.0111. The van der Waals surface area contributed by atoms with Crippen LogP contribution in [0.1, 0.15) is 42.4 Å². The lowest BCUT2D eigenvalue weighted by molar-refractivity contribution is -0.134. The van der Waals surface area contributed by atoms with Gasteiger partial charge < -0.3 is 55.7 Å². The van der Waals surface area contributed by atoms with Crippen LogP contribution >= 0.6 is 0 Å². The first-order valence-electron chi connectivity index (χ1n) is 18.6. The van der Waals surface area contributed by atoms with Crippen molar-refractivity contribution in [2.45, 2.75) is 75.2 Å². The molecule has 5 atom stereocenters. The van der Waals surface area contributed by atoms with Gasteiger partial charge >= 0.3 is 0 Å². The maximum absolute atomic E-state index is 14.1. The van der Waals surface area contributed by atoms with E-state index in [4.69, 9.17) is 34.4 Å². The molecule has 0 fully saturated rings. The third-order valence-electron chi connectivity index (χ3n) is 8.86. The predicted molar refractivity (Wildman–Crippen MR) is 215 cm³/mol. The smallest absolute Gasteiger partial charge is 0.243 e. The molecule has 0 heterocycles. The number of hydrogen-bond acceptors (Lipinski definition) is 8. The molecule has 0 aliphatic rings. The molecule has 0 bridgehead atoms. The molecule has 0 unspecified atom stereocenters. The van der Waals surface area contributed by atoms with E-state index in [0.29, 0.717) is 16.7 Å². The van der Waals surface area contributed by atoms with Crippen LogP contribution in [0.4, 0.5) is 13.2 Å². The van der Waals surface area contributed by atoms with Crippen molar-refractivity contribution in [2.24, 2.45) is 44.4 Å². The highest BCUT2D eigenvalue weighted by Crippen LogP contribution is 2.12. The number of benzene rings is 3. The third-order valence-corrected chi connectivity index (χ3v) is 8.86. The number of nitrogens with two attached hydrogens (primary N) is 6. The number of aliphatic imine (C=N–C) groups is 2. The quantitative estimate of drug-likeness (QED) is 0.0316. The Morgan fingerprint density at radius 3 is 1.19 bits per heavy atom. The van der Waals surface area contributed by atoms with E-state index in [-0.39, 0.29) is 70.0 Å². The summed E-state index contributed by atoms with van der Waals surface area (Å²) in [6, 6.07) is 9.24. The van der Waals surface area contributed by atoms with Crippen molar-refractivity contribution in [3.8, 4) is 0 Å². The lowest BCUT2D eigenvalue weighted by atomic mass is 10.0. The standard InChI is InChI=1S/C39H51F3N12O5/c40-25-11-5-22(6-12-25)19-28(43)34(56)51-29(3-1-17-49-38(45)46)36(58)54-32(21-24-9-15-27(42)16-10-24)37(59)52-30(4-2-18-50-39(47)48)35(57)53-31(33(44)55)20-23-7-13-26(41)14-8-23/h5-16,28-32H,1-4,17-21,43H2,(H2,44,55)(H,51,56)(H,52,59)(H,53,57)(H,54,58)(H4,45,46,49)(H4,47,48,50)/t28-,29-,30-,31-,32-/m0/s1. The molecule has 0 saturated carbocycles. The summed E-state index contributed by atoms with van der Waals surface area (Å²) < 4.78 is 40.8. The van der Waals surface area contributed by atoms with Crippen LogP contribution in [0, 0.1) is 17.5 Å². The number of nitrogens with zero attached hydrogens (tertiary/aromatic N) is 2. The Hall–Kier alpha value is -6.70. The van der Waals surface area contributed by atoms with Crippen molar-refractivity contribution in [1.82, 2.24) is 21.3 Å². The van der Waals surface area contributed by atoms with Gasteiger partial charge in [0.15, 0.2) is 11.9 Å². The molecule has 3 rings (SSSR count). The Bertz CT molecular complexity index is 1920. The molecule has 5 amide bonds. The van der Waals surface area contributed by atoms with Gasteiger partial charge in [-0.25, -0.2) is 13.2 Å². The first-order chi connectivity index (χ1) is 28.0. The van der Waals surface area contributed by atoms with Gasteiger partial charge in [-0.3, -0.25) is 34.0 Å². The number of primary amides is 1. The lowest BCUT2D eigenvalue weighted by Gasteiger charge is -2.27. The number of carbonyl (C=O) groups is 5. The zero-order valence-electron chi connectivity index (χ0n) is 32.2. The molecule has 0 aliphatic heterocycles. The Morgan fingerprint density at radius 2 is 0.797 bits per heavy atom. The highest BCUT2D eigenvalue weighted by atomic mass is 19.1. The van der Waals surface area contributed by atoms with Crippen LogP contribution in [0.2, 0.25) is 0 Å². The molecule has 0 radical (unpaired) electrons. The minimum atomic E-state index is -1.42. The van der Waals surface area contributed by atoms with Crippen molar-refractivity contribution >= 4 is 41.5 Å². The first-order valence-corrected chi connectivity index (χ1v) is 18.6. The monoisotopic (exact) mass is 824 g/mol. The summed E-state index contributed by atoms with van der Waals surface area (Å²) in [5.74, 6) is -6.07. The summed E-state index contributed by atoms with van der Waals surface area (Å²) in [7, 11) is 0. The van der Waals surface area contributed by atoms with Crippen molar-refractivity contribution in [3.63, 3.8) is 0 Å². The Balaban J connectivity index is 1.89. The molecule has 17 nitrogen and oxygen atoms in total. The van der Waals surface area contributed by atoms with Gasteiger partial charge in [0.25, 0.3) is 0 Å². The average molecular weight is 825 g/mol. The molecule has 0 aliphatic carbocycles. The summed E-state index contributed by atoms with van der Waals surface area (Å²) in [6.45, 7) is 0.157. The van der Waals surface area contributed by atoms with Crippen LogP contribution in [0.3, 0.4) is 0 Å². The van der Waals surface area contributed by atoms with Gasteiger partial charge in [0.05, 0.1) is 6.04 Å². The summed E-state index contributed by atoms with van der Waals surface area (Å²) >= 11 is 0. The highest BCUT2D eigenvalue weighted by molar-refractivity contribution is 5.96. The number of nitrogens with one attached hydrogen (secondary N) is 4. The largest absolute Gasteiger partial charge is 0.370 e. The SMILES string of the molecule is NC(=O)[C@H](Cc1ccc(F)cc1)NC(=O)[C@H](CCCN=C(N)N)NC(=O)[C@H](Cc1ccc(F)cc1)NC(=O)[C@H](CCCN=C(N)N)NC(=O)[C@@H](N)Cc1ccc(F)cc1. The molecule has 0 aromatic heterocycles. The van der Waals surface area contributed by atoms with E-state index < -0.39 is 77.2 Å². The van der Waals surface area contributed by atoms with Gasteiger partial charge in [-0.1, -0.05) is 36.4 Å². The number of carbonyl (C=O) groups excluding carboxylic acids is 5. The first kappa shape index (κ1) is 46.7. The van der Waals surface area contributed by atoms with Crippen LogP contribution in [-0.4, -0.2) is 84.8 Å². The zero-order chi connectivity index (χ0) is 43.5. The van der Waals surface area contributed by atoms with E-state index in [9.17, 15) is 37.1 Å². The van der Waals surface area contributed by atoms with Gasteiger partial charge in [0.2, 0.25) is 29.5 Å². The van der Waals surface area contributed by atoms with E-state index in [1.807, 2.05) is 0 Å². The normalized spacial score (nSPS) is 13.4. The maximum Gasteiger partial charge on any atom is 0.243 e. The molecule has 318 valence electrons. The van der Waals surface area contributed by atoms with Crippen LogP contribution in [0.5, 0.6) is 0 Å². The van der Waals surface area contributed by atoms with Crippen LogP contribution in [0.15, 0.2) is 82.8 Å². The summed E-state index contributed by atoms with van der Waals surface area (Å²) in [4.78, 5) is 75.3. The molecule has 3 aromatic rings. The third kappa shape index (κ3) is 17.1. The van der Waals surface area contributed by atoms with Gasteiger partial charge in [-0.2, -0.15) is 0 Å². The number of halogens is 3. The summed E-state index contributed by atoms with van der Waals surface area (Å²) in [5, 5.41) is 10.4. The molecule has 16 N–H and O–H groups in total. The Morgan fingerprint density at radius 1 is 0.475 bits per heavy atom. The van der Waals surface area contributed by atoms with E-state index in [1.165, 1.54) is 60.7 Å². The van der Waals surface area contributed by atoms with Gasteiger partial charge in [0.1, 0.15) is 41.6 Å². The van der Waals surface area contributed by atoms with Gasteiger partial charge in [-0.15, -0.1) is 0 Å². The second-order valence-corrected chi connectivity index (χ2v) is 13.6. The van der Waals surface area contributed by atoms with Gasteiger partial charge in [0, 0.05) is 25.9 Å². The van der Waals surface area contributed by atoms with Crippen LogP contribution in [0.25, 0.3) is 0 Å². The Labute approximate surface area is 339 Å². The number of rotatable bonds is 23. The van der Waals surface area contributed by atoms with Crippen LogP contribution < -0.4 is 55.7 Å². The second-order valence-electron chi connectivity index (χ2n) is 13.6. The van der Waals surface area contributed by atoms with Crippen molar-refractivity contribution in [2.75, 3.05) is 13.1 Å². The molecular weight excluding hydrogens is 774 g/mol. The predicted octanol–water partition coefficient (Wildman–Crippen LogP) is -1.01. The number of guanidine groups is 2.